The Morgan fingerprint density at radius 2 is 1.93 bits per heavy atom. The monoisotopic (exact) mass is 432 g/mol. The lowest BCUT2D eigenvalue weighted by Crippen LogP contribution is -2.34. The highest BCUT2D eigenvalue weighted by atomic mass is 35.5. The number of amides is 2. The lowest BCUT2D eigenvalue weighted by Gasteiger charge is -2.24. The van der Waals surface area contributed by atoms with Gasteiger partial charge in [-0.15, -0.1) is 0 Å². The molecule has 2 amide bonds. The van der Waals surface area contributed by atoms with Crippen molar-refractivity contribution in [2.75, 3.05) is 10.6 Å². The molecule has 0 radical (unpaired) electrons. The first-order valence-electron chi connectivity index (χ1n) is 8.62. The maximum atomic E-state index is 11.9. The van der Waals surface area contributed by atoms with Crippen molar-refractivity contribution in [2.45, 2.75) is 12.5 Å². The summed E-state index contributed by atoms with van der Waals surface area (Å²) in [4.78, 5) is 22.7. The molecule has 1 unspecified atom stereocenters. The predicted molar refractivity (Wildman–Crippen MR) is 113 cm³/mol. The van der Waals surface area contributed by atoms with Gasteiger partial charge in [0.2, 0.25) is 0 Å². The Balaban J connectivity index is 0.000000170. The molecule has 0 aliphatic carbocycles. The van der Waals surface area contributed by atoms with Gasteiger partial charge in [-0.1, -0.05) is 35.3 Å². The minimum Gasteiger partial charge on any atom is -0.467 e. The summed E-state index contributed by atoms with van der Waals surface area (Å²) < 4.78 is 5.32. The number of hydrogen-bond acceptors (Lipinski definition) is 5. The molecule has 1 aliphatic heterocycles. The van der Waals surface area contributed by atoms with Gasteiger partial charge >= 0.3 is 6.03 Å². The SMILES string of the molecule is NNC(=O)Nc1ccc(Cl)cc1Cl.O=C1CC(c2ccco2)Nc2ccccc21. The zero-order chi connectivity index (χ0) is 20.8. The Hall–Kier alpha value is -3.00. The molecule has 0 saturated heterocycles. The van der Waals surface area contributed by atoms with E-state index >= 15 is 0 Å². The molecule has 1 atom stereocenters. The summed E-state index contributed by atoms with van der Waals surface area (Å²) in [6.07, 6.45) is 2.08. The summed E-state index contributed by atoms with van der Waals surface area (Å²) in [6.45, 7) is 0. The second-order valence-corrected chi connectivity index (χ2v) is 6.95. The number of nitrogens with one attached hydrogen (secondary N) is 3. The largest absolute Gasteiger partial charge is 0.467 e. The number of rotatable bonds is 2. The number of nitrogens with two attached hydrogens (primary N) is 1. The molecule has 0 spiro atoms. The van der Waals surface area contributed by atoms with Crippen LogP contribution in [0, 0.1) is 0 Å². The van der Waals surface area contributed by atoms with Crippen molar-refractivity contribution < 1.29 is 14.0 Å². The zero-order valence-corrected chi connectivity index (χ0v) is 16.6. The van der Waals surface area contributed by atoms with Gasteiger partial charge in [0.25, 0.3) is 0 Å². The van der Waals surface area contributed by atoms with Gasteiger partial charge in [0, 0.05) is 22.7 Å². The molecule has 150 valence electrons. The molecule has 2 heterocycles. The molecule has 2 aromatic carbocycles. The highest BCUT2D eigenvalue weighted by Gasteiger charge is 2.26. The molecule has 3 aromatic rings. The van der Waals surface area contributed by atoms with E-state index in [4.69, 9.17) is 33.5 Å². The first-order valence-corrected chi connectivity index (χ1v) is 9.38. The average molecular weight is 433 g/mol. The molecular weight excluding hydrogens is 415 g/mol. The number of carbonyl (C=O) groups is 2. The number of Topliss-reactive ketones (excluding diaryl/α,β-unsaturated/α-hetero) is 1. The normalized spacial score (nSPS) is 14.7. The number of halogens is 2. The second-order valence-electron chi connectivity index (χ2n) is 6.11. The van der Waals surface area contributed by atoms with Crippen LogP contribution in [0.2, 0.25) is 10.0 Å². The van der Waals surface area contributed by atoms with E-state index in [1.165, 1.54) is 6.07 Å². The molecule has 4 rings (SSSR count). The van der Waals surface area contributed by atoms with Gasteiger partial charge < -0.3 is 15.1 Å². The maximum absolute atomic E-state index is 11.9. The fraction of sp³-hybridized carbons (Fsp3) is 0.100. The second kappa shape index (κ2) is 9.47. The minimum absolute atomic E-state index is 0.0441. The summed E-state index contributed by atoms with van der Waals surface area (Å²) in [7, 11) is 0. The molecule has 1 aromatic heterocycles. The third-order valence-electron chi connectivity index (χ3n) is 4.14. The molecule has 5 N–H and O–H groups in total. The molecular formula is C20H18Cl2N4O3. The van der Waals surface area contributed by atoms with Gasteiger partial charge in [-0.3, -0.25) is 10.2 Å². The molecule has 9 heteroatoms. The van der Waals surface area contributed by atoms with Crippen LogP contribution in [0.4, 0.5) is 16.2 Å². The molecule has 0 saturated carbocycles. The van der Waals surface area contributed by atoms with Crippen molar-refractivity contribution >= 4 is 46.4 Å². The van der Waals surface area contributed by atoms with Crippen molar-refractivity contribution in [2.24, 2.45) is 5.84 Å². The Morgan fingerprint density at radius 3 is 2.62 bits per heavy atom. The average Bonchev–Trinajstić information content (AvgIpc) is 3.25. The van der Waals surface area contributed by atoms with Crippen LogP contribution in [-0.4, -0.2) is 11.8 Å². The van der Waals surface area contributed by atoms with Crippen molar-refractivity contribution in [3.8, 4) is 0 Å². The molecule has 0 fully saturated rings. The quantitative estimate of drug-likeness (QED) is 0.258. The third kappa shape index (κ3) is 5.29. The lowest BCUT2D eigenvalue weighted by atomic mass is 9.95. The van der Waals surface area contributed by atoms with E-state index in [0.29, 0.717) is 22.2 Å². The fourth-order valence-corrected chi connectivity index (χ4v) is 3.25. The number of hydrogen-bond donors (Lipinski definition) is 4. The topological polar surface area (TPSA) is 109 Å². The minimum atomic E-state index is -0.538. The molecule has 1 aliphatic rings. The number of fused-ring (bicyclic) bond motifs is 1. The zero-order valence-electron chi connectivity index (χ0n) is 15.1. The Kier molecular flexibility index (Phi) is 6.77. The van der Waals surface area contributed by atoms with Gasteiger partial charge in [-0.25, -0.2) is 10.6 Å². The predicted octanol–water partition coefficient (Wildman–Crippen LogP) is 5.01. The van der Waals surface area contributed by atoms with Crippen molar-refractivity contribution in [1.29, 1.82) is 0 Å². The van der Waals surface area contributed by atoms with Gasteiger partial charge in [0.15, 0.2) is 5.78 Å². The van der Waals surface area contributed by atoms with Gasteiger partial charge in [-0.05, 0) is 42.5 Å². The summed E-state index contributed by atoms with van der Waals surface area (Å²) in [5.74, 6) is 5.84. The first kappa shape index (κ1) is 20.7. The Bertz CT molecular complexity index is 1010. The Labute approximate surface area is 177 Å². The number of hydrazine groups is 1. The number of urea groups is 1. The Morgan fingerprint density at radius 1 is 1.14 bits per heavy atom. The number of para-hydroxylation sites is 1. The van der Waals surface area contributed by atoms with Crippen molar-refractivity contribution in [1.82, 2.24) is 5.43 Å². The fourth-order valence-electron chi connectivity index (χ4n) is 2.80. The number of ketones is 1. The maximum Gasteiger partial charge on any atom is 0.333 e. The van der Waals surface area contributed by atoms with Crippen LogP contribution >= 0.6 is 23.2 Å². The van der Waals surface area contributed by atoms with E-state index in [9.17, 15) is 9.59 Å². The van der Waals surface area contributed by atoms with E-state index in [2.05, 4.69) is 10.6 Å². The van der Waals surface area contributed by atoms with Gasteiger partial charge in [-0.2, -0.15) is 0 Å². The van der Waals surface area contributed by atoms with Crippen LogP contribution in [0.15, 0.2) is 65.3 Å². The summed E-state index contributed by atoms with van der Waals surface area (Å²) >= 11 is 11.4. The third-order valence-corrected chi connectivity index (χ3v) is 4.69. The van der Waals surface area contributed by atoms with Crippen LogP contribution in [-0.2, 0) is 0 Å². The van der Waals surface area contributed by atoms with E-state index in [0.717, 1.165) is 17.0 Å². The van der Waals surface area contributed by atoms with E-state index in [1.54, 1.807) is 18.4 Å². The summed E-state index contributed by atoms with van der Waals surface area (Å²) in [5, 5.41) is 6.60. The van der Waals surface area contributed by atoms with Crippen LogP contribution < -0.4 is 21.9 Å². The number of furan rings is 1. The standard InChI is InChI=1S/C13H11NO2.C7H7Cl2N3O/c15-12-8-11(13-6-3-7-16-13)14-10-5-2-1-4-9(10)12;8-4-1-2-6(5(9)3-4)11-7(13)12-10/h1-7,11,14H,8H2;1-3H,10H2,(H2,11,12,13). The van der Waals surface area contributed by atoms with Gasteiger partial charge in [0.1, 0.15) is 5.76 Å². The van der Waals surface area contributed by atoms with Crippen LogP contribution in [0.1, 0.15) is 28.6 Å². The van der Waals surface area contributed by atoms with Crippen LogP contribution in [0.3, 0.4) is 0 Å². The van der Waals surface area contributed by atoms with E-state index in [-0.39, 0.29) is 11.8 Å². The van der Waals surface area contributed by atoms with Gasteiger partial charge in [0.05, 0.1) is 23.0 Å². The van der Waals surface area contributed by atoms with Crippen molar-refractivity contribution in [3.63, 3.8) is 0 Å². The first-order chi connectivity index (χ1) is 14.0. The smallest absolute Gasteiger partial charge is 0.333 e. The van der Waals surface area contributed by atoms with E-state index < -0.39 is 6.03 Å². The van der Waals surface area contributed by atoms with Crippen molar-refractivity contribution in [3.05, 3.63) is 82.2 Å². The number of carbonyl (C=O) groups excluding carboxylic acids is 2. The number of anilines is 2. The highest BCUT2D eigenvalue weighted by Crippen LogP contribution is 2.32. The number of benzene rings is 2. The van der Waals surface area contributed by atoms with E-state index in [1.807, 2.05) is 41.8 Å². The summed E-state index contributed by atoms with van der Waals surface area (Å²) in [6, 6.07) is 15.4. The van der Waals surface area contributed by atoms with Crippen LogP contribution in [0.25, 0.3) is 0 Å². The summed E-state index contributed by atoms with van der Waals surface area (Å²) in [5.41, 5.74) is 4.02. The highest BCUT2D eigenvalue weighted by molar-refractivity contribution is 6.36. The molecule has 29 heavy (non-hydrogen) atoms. The lowest BCUT2D eigenvalue weighted by molar-refractivity contribution is 0.0969. The van der Waals surface area contributed by atoms with Crippen LogP contribution in [0.5, 0.6) is 0 Å². The molecule has 7 nitrogen and oxygen atoms in total. The molecule has 0 bridgehead atoms.